The minimum Gasteiger partial charge on any atom is -0.354 e. The summed E-state index contributed by atoms with van der Waals surface area (Å²) in [5.41, 5.74) is 0. The van der Waals surface area contributed by atoms with Crippen molar-refractivity contribution in [1.29, 1.82) is 0 Å². The van der Waals surface area contributed by atoms with Crippen LogP contribution >= 0.6 is 25.3 Å². The molecule has 0 aromatic heterocycles. The normalized spacial score (nSPS) is 10.6. The van der Waals surface area contributed by atoms with Crippen LogP contribution in [-0.4, -0.2) is 17.0 Å². The van der Waals surface area contributed by atoms with Crippen LogP contribution in [-0.2, 0) is 4.79 Å². The number of unbranched alkanes of at least 4 members (excludes halogenated alkanes) is 4. The first-order valence-electron chi connectivity index (χ1n) is 5.29. The van der Waals surface area contributed by atoms with E-state index in [1.807, 2.05) is 0 Å². The summed E-state index contributed by atoms with van der Waals surface area (Å²) < 4.78 is -0.0564. The molecule has 0 aliphatic carbocycles. The lowest BCUT2D eigenvalue weighted by Crippen LogP contribution is -2.27. The average molecular weight is 235 g/mol. The van der Waals surface area contributed by atoms with E-state index in [1.54, 1.807) is 0 Å². The summed E-state index contributed by atoms with van der Waals surface area (Å²) in [7, 11) is 0. The van der Waals surface area contributed by atoms with Crippen molar-refractivity contribution in [2.24, 2.45) is 0 Å². The molecule has 0 saturated carbocycles. The van der Waals surface area contributed by atoms with Crippen LogP contribution in [0.4, 0.5) is 0 Å². The van der Waals surface area contributed by atoms with Crippen molar-refractivity contribution in [2.45, 2.75) is 50.0 Å². The number of nitrogens with one attached hydrogen (secondary N) is 1. The minimum atomic E-state index is -0.0564. The SMILES string of the molecule is CCCCCCCC(=O)NCC(S)S. The van der Waals surface area contributed by atoms with Gasteiger partial charge < -0.3 is 5.32 Å². The van der Waals surface area contributed by atoms with Crippen LogP contribution in [0.1, 0.15) is 45.4 Å². The van der Waals surface area contributed by atoms with Crippen LogP contribution in [0.2, 0.25) is 0 Å². The molecule has 0 rings (SSSR count). The second kappa shape index (κ2) is 9.71. The summed E-state index contributed by atoms with van der Waals surface area (Å²) in [5.74, 6) is 0.120. The van der Waals surface area contributed by atoms with Crippen molar-refractivity contribution in [1.82, 2.24) is 5.32 Å². The van der Waals surface area contributed by atoms with Crippen LogP contribution in [0.5, 0.6) is 0 Å². The Balaban J connectivity index is 3.18. The molecule has 84 valence electrons. The maximum absolute atomic E-state index is 11.2. The molecule has 0 aliphatic rings. The molecule has 4 heteroatoms. The predicted molar refractivity (Wildman–Crippen MR) is 68.1 cm³/mol. The van der Waals surface area contributed by atoms with E-state index in [0.29, 0.717) is 13.0 Å². The number of hydrogen-bond acceptors (Lipinski definition) is 3. The maximum Gasteiger partial charge on any atom is 0.220 e. The number of rotatable bonds is 8. The molecule has 0 atom stereocenters. The van der Waals surface area contributed by atoms with E-state index in [4.69, 9.17) is 0 Å². The van der Waals surface area contributed by atoms with Crippen LogP contribution < -0.4 is 5.32 Å². The van der Waals surface area contributed by atoms with Gasteiger partial charge in [-0.15, -0.1) is 0 Å². The maximum atomic E-state index is 11.2. The molecule has 0 saturated heterocycles. The molecule has 0 bridgehead atoms. The van der Waals surface area contributed by atoms with E-state index in [-0.39, 0.29) is 10.5 Å². The molecule has 1 N–H and O–H groups in total. The molecular formula is C10H21NOS2. The topological polar surface area (TPSA) is 29.1 Å². The molecule has 0 spiro atoms. The molecule has 14 heavy (non-hydrogen) atoms. The number of carbonyl (C=O) groups excluding carboxylic acids is 1. The smallest absolute Gasteiger partial charge is 0.220 e. The van der Waals surface area contributed by atoms with E-state index < -0.39 is 0 Å². The van der Waals surface area contributed by atoms with Crippen molar-refractivity contribution in [2.75, 3.05) is 6.54 Å². The number of carbonyl (C=O) groups is 1. The lowest BCUT2D eigenvalue weighted by molar-refractivity contribution is -0.121. The fraction of sp³-hybridized carbons (Fsp3) is 0.900. The van der Waals surface area contributed by atoms with E-state index >= 15 is 0 Å². The van der Waals surface area contributed by atoms with Crippen molar-refractivity contribution in [3.8, 4) is 0 Å². The van der Waals surface area contributed by atoms with E-state index in [1.165, 1.54) is 19.3 Å². The first-order chi connectivity index (χ1) is 6.66. The van der Waals surface area contributed by atoms with E-state index in [9.17, 15) is 4.79 Å². The van der Waals surface area contributed by atoms with E-state index in [2.05, 4.69) is 37.5 Å². The predicted octanol–water partition coefficient (Wildman–Crippen LogP) is 2.65. The van der Waals surface area contributed by atoms with Crippen LogP contribution in [0.3, 0.4) is 0 Å². The molecule has 2 nitrogen and oxygen atoms in total. The van der Waals surface area contributed by atoms with Crippen LogP contribution in [0.15, 0.2) is 0 Å². The fourth-order valence-electron chi connectivity index (χ4n) is 1.18. The molecule has 0 aromatic carbocycles. The van der Waals surface area contributed by atoms with Gasteiger partial charge in [0.25, 0.3) is 0 Å². The molecule has 0 aromatic rings. The highest BCUT2D eigenvalue weighted by molar-refractivity contribution is 7.99. The Hall–Kier alpha value is 0.170. The lowest BCUT2D eigenvalue weighted by Gasteiger charge is -2.06. The zero-order valence-electron chi connectivity index (χ0n) is 8.83. The third-order valence-corrected chi connectivity index (χ3v) is 2.35. The Bertz CT molecular complexity index is 151. The monoisotopic (exact) mass is 235 g/mol. The molecule has 0 aliphatic heterocycles. The van der Waals surface area contributed by atoms with Gasteiger partial charge >= 0.3 is 0 Å². The number of amides is 1. The summed E-state index contributed by atoms with van der Waals surface area (Å²) in [5, 5.41) is 2.78. The Morgan fingerprint density at radius 1 is 1.21 bits per heavy atom. The lowest BCUT2D eigenvalue weighted by atomic mass is 10.1. The van der Waals surface area contributed by atoms with Crippen molar-refractivity contribution < 1.29 is 4.79 Å². The summed E-state index contributed by atoms with van der Waals surface area (Å²) in [6.07, 6.45) is 6.55. The molecular weight excluding hydrogens is 214 g/mol. The first kappa shape index (κ1) is 14.2. The third-order valence-electron chi connectivity index (χ3n) is 1.99. The Kier molecular flexibility index (Phi) is 9.83. The Morgan fingerprint density at radius 3 is 2.43 bits per heavy atom. The first-order valence-corrected chi connectivity index (χ1v) is 6.33. The molecule has 0 unspecified atom stereocenters. The third kappa shape index (κ3) is 10.3. The second-order valence-corrected chi connectivity index (χ2v) is 5.10. The van der Waals surface area contributed by atoms with Gasteiger partial charge in [-0.2, -0.15) is 25.3 Å². The minimum absolute atomic E-state index is 0.0564. The Labute approximate surface area is 98.0 Å². The summed E-state index contributed by atoms with van der Waals surface area (Å²) in [6.45, 7) is 2.73. The molecule has 0 heterocycles. The highest BCUT2D eigenvalue weighted by atomic mass is 32.2. The summed E-state index contributed by atoms with van der Waals surface area (Å²) >= 11 is 8.12. The molecule has 0 fully saturated rings. The second-order valence-electron chi connectivity index (χ2n) is 3.45. The van der Waals surface area contributed by atoms with E-state index in [0.717, 1.165) is 12.8 Å². The van der Waals surface area contributed by atoms with Crippen molar-refractivity contribution in [3.05, 3.63) is 0 Å². The van der Waals surface area contributed by atoms with Gasteiger partial charge in [0.2, 0.25) is 5.91 Å². The van der Waals surface area contributed by atoms with Crippen molar-refractivity contribution in [3.63, 3.8) is 0 Å². The van der Waals surface area contributed by atoms with Crippen LogP contribution in [0, 0.1) is 0 Å². The zero-order chi connectivity index (χ0) is 10.8. The summed E-state index contributed by atoms with van der Waals surface area (Å²) in [6, 6.07) is 0. The van der Waals surface area contributed by atoms with Gasteiger partial charge in [-0.25, -0.2) is 0 Å². The number of thiol groups is 2. The standard InChI is InChI=1S/C10H21NOS2/c1-2-3-4-5-6-7-9(12)11-8-10(13)14/h10,13-14H,2-8H2,1H3,(H,11,12). The highest BCUT2D eigenvalue weighted by Crippen LogP contribution is 2.05. The quantitative estimate of drug-likeness (QED) is 0.337. The van der Waals surface area contributed by atoms with Gasteiger partial charge in [-0.05, 0) is 6.42 Å². The summed E-state index contributed by atoms with van der Waals surface area (Å²) in [4.78, 5) is 11.2. The molecule has 1 amide bonds. The molecule has 0 radical (unpaired) electrons. The van der Waals surface area contributed by atoms with Gasteiger partial charge in [0.05, 0.1) is 4.58 Å². The van der Waals surface area contributed by atoms with Crippen LogP contribution in [0.25, 0.3) is 0 Å². The van der Waals surface area contributed by atoms with Gasteiger partial charge in [-0.1, -0.05) is 32.6 Å². The van der Waals surface area contributed by atoms with Gasteiger partial charge in [0.1, 0.15) is 0 Å². The van der Waals surface area contributed by atoms with Gasteiger partial charge in [0.15, 0.2) is 0 Å². The Morgan fingerprint density at radius 2 is 1.86 bits per heavy atom. The largest absolute Gasteiger partial charge is 0.354 e. The van der Waals surface area contributed by atoms with Gasteiger partial charge in [-0.3, -0.25) is 4.79 Å². The average Bonchev–Trinajstić information content (AvgIpc) is 2.14. The fourth-order valence-corrected chi connectivity index (χ4v) is 1.37. The highest BCUT2D eigenvalue weighted by Gasteiger charge is 2.01. The van der Waals surface area contributed by atoms with Crippen molar-refractivity contribution >= 4 is 31.2 Å². The van der Waals surface area contributed by atoms with Gasteiger partial charge in [0, 0.05) is 13.0 Å². The number of hydrogen-bond donors (Lipinski definition) is 3. The zero-order valence-corrected chi connectivity index (χ0v) is 10.6.